The first-order valence-corrected chi connectivity index (χ1v) is 7.01. The molecule has 0 aliphatic carbocycles. The van der Waals surface area contributed by atoms with E-state index in [4.69, 9.17) is 19.3 Å². The Bertz CT molecular complexity index is 414. The van der Waals surface area contributed by atoms with Gasteiger partial charge in [-0.25, -0.2) is 0 Å². The minimum Gasteiger partial charge on any atom is -0.391 e. The summed E-state index contributed by atoms with van der Waals surface area (Å²) in [7, 11) is 0. The molecule has 0 bridgehead atoms. The van der Waals surface area contributed by atoms with E-state index in [2.05, 4.69) is 0 Å². The van der Waals surface area contributed by atoms with Gasteiger partial charge in [-0.15, -0.1) is 0 Å². The summed E-state index contributed by atoms with van der Waals surface area (Å²) < 4.78 is 15.2. The Hall–Kier alpha value is 0.300. The van der Waals surface area contributed by atoms with Crippen LogP contribution in [-0.2, 0) is 36.6 Å². The summed E-state index contributed by atoms with van der Waals surface area (Å²) in [5.41, 5.74) is 0. The second kappa shape index (κ2) is 8.33. The summed E-state index contributed by atoms with van der Waals surface area (Å²) >= 11 is 0. The minimum atomic E-state index is -2.37. The predicted molar refractivity (Wildman–Crippen MR) is 68.7 cm³/mol. The fraction of sp³-hybridized carbons (Fsp3) is 1.00. The van der Waals surface area contributed by atoms with Gasteiger partial charge in [-0.2, -0.15) is 0 Å². The van der Waals surface area contributed by atoms with Crippen LogP contribution in [-0.4, -0.2) is 115 Å². The molecule has 147 valence electrons. The molecule has 0 aromatic rings. The summed E-state index contributed by atoms with van der Waals surface area (Å²) in [6, 6.07) is 0. The maximum atomic E-state index is 9.94. The topological polar surface area (TPSA) is 190 Å². The molecule has 0 spiro atoms. The van der Waals surface area contributed by atoms with Gasteiger partial charge in [-0.3, -0.25) is 0 Å². The van der Waals surface area contributed by atoms with Crippen LogP contribution in [0.15, 0.2) is 0 Å². The van der Waals surface area contributed by atoms with Gasteiger partial charge in [0, 0.05) is 22.4 Å². The maximum Gasteiger partial charge on any atom is 0.221 e. The predicted octanol–water partition coefficient (Wildman–Crippen LogP) is -5.40. The summed E-state index contributed by atoms with van der Waals surface area (Å²) in [4.78, 5) is 0. The Balaban J connectivity index is 0.00000288. The van der Waals surface area contributed by atoms with E-state index in [0.29, 0.717) is 0 Å². The molecule has 11 nitrogen and oxygen atoms in total. The number of aliphatic hydroxyl groups is 8. The molecule has 0 saturated carbocycles. The number of aliphatic hydroxyl groups excluding tert-OH is 7. The average Bonchev–Trinajstić information content (AvgIpc) is 2.77. The summed E-state index contributed by atoms with van der Waals surface area (Å²) in [5.74, 6) is -4.45. The van der Waals surface area contributed by atoms with Crippen LogP contribution in [0.3, 0.4) is 0 Å². The monoisotopic (exact) mass is 449 g/mol. The van der Waals surface area contributed by atoms with E-state index in [1.807, 2.05) is 0 Å². The molecule has 2 heterocycles. The molecular formula is C12H22AgO11. The first-order chi connectivity index (χ1) is 10.7. The summed E-state index contributed by atoms with van der Waals surface area (Å²) in [6.45, 7) is -2.83. The number of hydrogen-bond acceptors (Lipinski definition) is 11. The molecule has 1 radical (unpaired) electrons. The summed E-state index contributed by atoms with van der Waals surface area (Å²) in [6.07, 6.45) is -9.51. The van der Waals surface area contributed by atoms with Crippen molar-refractivity contribution < 1.29 is 77.4 Å². The van der Waals surface area contributed by atoms with Crippen LogP contribution in [0.4, 0.5) is 0 Å². The van der Waals surface area contributed by atoms with Crippen molar-refractivity contribution in [2.75, 3.05) is 26.4 Å². The first-order valence-electron chi connectivity index (χ1n) is 7.01. The first kappa shape index (κ1) is 22.3. The molecule has 2 aliphatic heterocycles. The third-order valence-electron chi connectivity index (χ3n) is 4.13. The fourth-order valence-electron chi connectivity index (χ4n) is 2.55. The molecule has 0 amide bonds. The van der Waals surface area contributed by atoms with E-state index in [9.17, 15) is 35.7 Å². The van der Waals surface area contributed by atoms with Crippen LogP contribution < -0.4 is 0 Å². The number of hydrogen-bond donors (Lipinski definition) is 8. The average molecular weight is 450 g/mol. The fourth-order valence-corrected chi connectivity index (χ4v) is 2.55. The van der Waals surface area contributed by atoms with E-state index in [0.717, 1.165) is 0 Å². The van der Waals surface area contributed by atoms with Gasteiger partial charge >= 0.3 is 0 Å². The Morgan fingerprint density at radius 2 is 1.58 bits per heavy atom. The van der Waals surface area contributed by atoms with Crippen molar-refractivity contribution in [2.24, 2.45) is 0 Å². The van der Waals surface area contributed by atoms with E-state index >= 15 is 0 Å². The molecule has 0 unspecified atom stereocenters. The summed E-state index contributed by atoms with van der Waals surface area (Å²) in [5, 5.41) is 76.6. The SMILES string of the molecule is OC[C@@]1(OC[C@H]2O[C@@](O)(CO)[C@H](O)[C@@H]2O)OC[C@@H](O)[C@@H](O)[C@H]1O.[Ag]. The van der Waals surface area contributed by atoms with Crippen molar-refractivity contribution in [2.45, 2.75) is 48.2 Å². The Morgan fingerprint density at radius 1 is 0.958 bits per heavy atom. The Kier molecular flexibility index (Phi) is 7.75. The Morgan fingerprint density at radius 3 is 2.08 bits per heavy atom. The zero-order valence-corrected chi connectivity index (χ0v) is 13.9. The van der Waals surface area contributed by atoms with Gasteiger partial charge < -0.3 is 55.1 Å². The molecule has 24 heavy (non-hydrogen) atoms. The van der Waals surface area contributed by atoms with Crippen molar-refractivity contribution in [1.82, 2.24) is 0 Å². The van der Waals surface area contributed by atoms with Gasteiger partial charge in [0.15, 0.2) is 0 Å². The molecule has 2 saturated heterocycles. The van der Waals surface area contributed by atoms with Crippen LogP contribution in [0.1, 0.15) is 0 Å². The maximum absolute atomic E-state index is 9.94. The van der Waals surface area contributed by atoms with Crippen LogP contribution >= 0.6 is 0 Å². The van der Waals surface area contributed by atoms with E-state index in [1.165, 1.54) is 0 Å². The molecule has 12 heteroatoms. The van der Waals surface area contributed by atoms with Gasteiger partial charge in [0.25, 0.3) is 0 Å². The minimum absolute atomic E-state index is 0. The molecule has 8 atom stereocenters. The van der Waals surface area contributed by atoms with Crippen molar-refractivity contribution in [3.05, 3.63) is 0 Å². The van der Waals surface area contributed by atoms with Crippen LogP contribution in [0, 0.1) is 0 Å². The molecule has 0 aromatic heterocycles. The molecular weight excluding hydrogens is 428 g/mol. The third kappa shape index (κ3) is 3.84. The van der Waals surface area contributed by atoms with Crippen LogP contribution in [0.2, 0.25) is 0 Å². The normalized spacial score (nSPS) is 49.0. The van der Waals surface area contributed by atoms with E-state index in [-0.39, 0.29) is 22.4 Å². The molecule has 2 rings (SSSR count). The number of ether oxygens (including phenoxy) is 3. The largest absolute Gasteiger partial charge is 0.391 e. The van der Waals surface area contributed by atoms with Gasteiger partial charge in [0.1, 0.15) is 43.2 Å². The van der Waals surface area contributed by atoms with Gasteiger partial charge in [-0.05, 0) is 0 Å². The third-order valence-corrected chi connectivity index (χ3v) is 4.13. The van der Waals surface area contributed by atoms with Gasteiger partial charge in [-0.1, -0.05) is 0 Å². The molecule has 2 aliphatic rings. The smallest absolute Gasteiger partial charge is 0.221 e. The van der Waals surface area contributed by atoms with Crippen molar-refractivity contribution in [1.29, 1.82) is 0 Å². The van der Waals surface area contributed by atoms with E-state index < -0.39 is 74.6 Å². The zero-order chi connectivity index (χ0) is 17.4. The molecule has 2 fully saturated rings. The van der Waals surface area contributed by atoms with Gasteiger partial charge in [0.2, 0.25) is 11.6 Å². The standard InChI is InChI=1S/C12H22O11.Ag/c13-3-11(20)9(18)8(17)6(23-11)2-22-12(4-14)10(19)7(16)5(15)1-21-12;/h5-10,13-20H,1-4H2;/t5-,6-,7-,8-,9-,10-,11+,12+;/m1./s1. The zero-order valence-electron chi connectivity index (χ0n) is 12.4. The number of rotatable bonds is 5. The van der Waals surface area contributed by atoms with E-state index in [1.54, 1.807) is 0 Å². The Labute approximate surface area is 152 Å². The second-order valence-electron chi connectivity index (χ2n) is 5.69. The quantitative estimate of drug-likeness (QED) is 0.187. The molecule has 8 N–H and O–H groups in total. The van der Waals surface area contributed by atoms with Gasteiger partial charge in [0.05, 0.1) is 19.8 Å². The van der Waals surface area contributed by atoms with Crippen molar-refractivity contribution in [3.63, 3.8) is 0 Å². The second-order valence-corrected chi connectivity index (χ2v) is 5.69. The van der Waals surface area contributed by atoms with Crippen LogP contribution in [0.25, 0.3) is 0 Å². The van der Waals surface area contributed by atoms with Crippen molar-refractivity contribution in [3.8, 4) is 0 Å². The van der Waals surface area contributed by atoms with Crippen LogP contribution in [0.5, 0.6) is 0 Å². The molecule has 0 aromatic carbocycles. The van der Waals surface area contributed by atoms with Crippen molar-refractivity contribution >= 4 is 0 Å².